The van der Waals surface area contributed by atoms with Crippen LogP contribution < -0.4 is 16.5 Å². The highest BCUT2D eigenvalue weighted by Gasteiger charge is 2.27. The first kappa shape index (κ1) is 21.0. The summed E-state index contributed by atoms with van der Waals surface area (Å²) in [6.45, 7) is 7.69. The number of amidine groups is 1. The van der Waals surface area contributed by atoms with E-state index in [1.807, 2.05) is 32.0 Å². The number of aliphatic hydroxyl groups excluding tert-OH is 1. The van der Waals surface area contributed by atoms with Crippen LogP contribution in [-0.2, 0) is 11.3 Å². The number of aliphatic hydroxyl groups is 1. The second-order valence-corrected chi connectivity index (χ2v) is 5.42. The molecule has 0 aliphatic carbocycles. The molecule has 7 nitrogen and oxygen atoms in total. The second kappa shape index (κ2) is 10.8. The first-order valence-electron chi connectivity index (χ1n) is 8.17. The molecule has 1 atom stereocenters. The van der Waals surface area contributed by atoms with E-state index < -0.39 is 7.12 Å². The monoisotopic (exact) mass is 346 g/mol. The fourth-order valence-electron chi connectivity index (χ4n) is 2.32. The van der Waals surface area contributed by atoms with Gasteiger partial charge in [-0.3, -0.25) is 9.98 Å². The van der Waals surface area contributed by atoms with Gasteiger partial charge in [-0.15, -0.1) is 0 Å². The summed E-state index contributed by atoms with van der Waals surface area (Å²) in [6, 6.07) is 5.45. The van der Waals surface area contributed by atoms with Crippen molar-refractivity contribution in [3.63, 3.8) is 0 Å². The fraction of sp³-hybridized carbons (Fsp3) is 0.412. The van der Waals surface area contributed by atoms with Gasteiger partial charge in [0, 0.05) is 17.5 Å². The predicted molar refractivity (Wildman–Crippen MR) is 104 cm³/mol. The van der Waals surface area contributed by atoms with E-state index in [2.05, 4.69) is 27.8 Å². The van der Waals surface area contributed by atoms with Crippen molar-refractivity contribution in [2.75, 3.05) is 19.0 Å². The van der Waals surface area contributed by atoms with Crippen LogP contribution >= 0.6 is 0 Å². The highest BCUT2D eigenvalue weighted by molar-refractivity contribution is 6.61. The third-order valence-electron chi connectivity index (χ3n) is 3.72. The maximum atomic E-state index is 9.67. The van der Waals surface area contributed by atoms with Crippen molar-refractivity contribution < 1.29 is 14.8 Å². The first-order chi connectivity index (χ1) is 12.1. The van der Waals surface area contributed by atoms with E-state index in [0.717, 1.165) is 28.7 Å². The lowest BCUT2D eigenvalue weighted by molar-refractivity contribution is 0.264. The third-order valence-corrected chi connectivity index (χ3v) is 3.72. The average molecular weight is 346 g/mol. The van der Waals surface area contributed by atoms with Gasteiger partial charge in [0.05, 0.1) is 19.3 Å². The van der Waals surface area contributed by atoms with Gasteiger partial charge < -0.3 is 25.8 Å². The van der Waals surface area contributed by atoms with Crippen LogP contribution in [0.1, 0.15) is 25.8 Å². The Kier molecular flexibility index (Phi) is 9.08. The van der Waals surface area contributed by atoms with Gasteiger partial charge in [-0.1, -0.05) is 13.0 Å². The van der Waals surface area contributed by atoms with E-state index in [1.165, 1.54) is 7.05 Å². The number of nitrogens with zero attached hydrogens (tertiary/aromatic N) is 2. The Morgan fingerprint density at radius 1 is 1.52 bits per heavy atom. The van der Waals surface area contributed by atoms with Gasteiger partial charge in [0.2, 0.25) is 0 Å². The molecule has 136 valence electrons. The van der Waals surface area contributed by atoms with E-state index in [0.29, 0.717) is 12.4 Å². The number of fused-ring (bicyclic) bond motifs is 1. The summed E-state index contributed by atoms with van der Waals surface area (Å²) in [5, 5.41) is 22.3. The standard InChI is InChI=1S/C16H22BN3O3.CH5N/c1-4-13(9-21)19-16(11(2)8-18-3)20-14-5-6-15-12(7-14)10-23-17(15)22;1-2/h5-8,13,21-22H,3-4,9-10H2,1-2H3,(H,19,20);2H2,1H3/b11-8-;. The summed E-state index contributed by atoms with van der Waals surface area (Å²) in [7, 11) is 0.651. The second-order valence-electron chi connectivity index (χ2n) is 5.42. The number of nitrogens with one attached hydrogen (secondary N) is 1. The quantitative estimate of drug-likeness (QED) is 0.344. The maximum Gasteiger partial charge on any atom is 0.491 e. The Labute approximate surface area is 149 Å². The molecule has 1 unspecified atom stereocenters. The Morgan fingerprint density at radius 3 is 2.84 bits per heavy atom. The summed E-state index contributed by atoms with van der Waals surface area (Å²) >= 11 is 0. The van der Waals surface area contributed by atoms with Gasteiger partial charge in [-0.2, -0.15) is 0 Å². The smallest absolute Gasteiger partial charge is 0.423 e. The van der Waals surface area contributed by atoms with Crippen LogP contribution in [0.15, 0.2) is 40.0 Å². The maximum absolute atomic E-state index is 9.67. The van der Waals surface area contributed by atoms with Crippen LogP contribution in [0.2, 0.25) is 0 Å². The minimum absolute atomic E-state index is 0.0132. The normalized spacial score (nSPS) is 15.2. The topological polar surface area (TPSA) is 112 Å². The minimum Gasteiger partial charge on any atom is -0.423 e. The molecule has 0 bridgehead atoms. The molecule has 0 radical (unpaired) electrons. The fourth-order valence-corrected chi connectivity index (χ4v) is 2.32. The lowest BCUT2D eigenvalue weighted by atomic mass is 9.79. The van der Waals surface area contributed by atoms with Crippen molar-refractivity contribution in [2.45, 2.75) is 32.9 Å². The molecular formula is C17H27BN4O3. The molecule has 0 aromatic heterocycles. The molecule has 1 aromatic rings. The number of hydrogen-bond donors (Lipinski definition) is 4. The van der Waals surface area contributed by atoms with E-state index in [1.54, 1.807) is 6.20 Å². The Bertz CT molecular complexity index is 630. The van der Waals surface area contributed by atoms with E-state index in [4.69, 9.17) is 4.65 Å². The Balaban J connectivity index is 0.00000151. The zero-order valence-electron chi connectivity index (χ0n) is 15.1. The van der Waals surface area contributed by atoms with Crippen molar-refractivity contribution in [1.82, 2.24) is 0 Å². The van der Waals surface area contributed by atoms with Crippen LogP contribution in [0.5, 0.6) is 0 Å². The number of hydrogen-bond acceptors (Lipinski definition) is 6. The number of anilines is 1. The highest BCUT2D eigenvalue weighted by atomic mass is 16.5. The molecule has 5 N–H and O–H groups in total. The van der Waals surface area contributed by atoms with Gasteiger partial charge in [-0.05, 0) is 50.3 Å². The number of benzene rings is 1. The molecule has 1 heterocycles. The van der Waals surface area contributed by atoms with Crippen molar-refractivity contribution in [3.8, 4) is 0 Å². The van der Waals surface area contributed by atoms with E-state index >= 15 is 0 Å². The number of rotatable bonds is 6. The van der Waals surface area contributed by atoms with Crippen LogP contribution in [-0.4, -0.2) is 49.5 Å². The summed E-state index contributed by atoms with van der Waals surface area (Å²) < 4.78 is 5.20. The summed E-state index contributed by atoms with van der Waals surface area (Å²) in [5.41, 5.74) is 7.89. The summed E-state index contributed by atoms with van der Waals surface area (Å²) in [4.78, 5) is 8.33. The van der Waals surface area contributed by atoms with Crippen molar-refractivity contribution in [2.24, 2.45) is 15.7 Å². The van der Waals surface area contributed by atoms with Crippen LogP contribution in [0, 0.1) is 0 Å². The van der Waals surface area contributed by atoms with Gasteiger partial charge >= 0.3 is 7.12 Å². The van der Waals surface area contributed by atoms with Crippen molar-refractivity contribution >= 4 is 30.8 Å². The van der Waals surface area contributed by atoms with Crippen LogP contribution in [0.4, 0.5) is 5.69 Å². The van der Waals surface area contributed by atoms with E-state index in [-0.39, 0.29) is 12.6 Å². The average Bonchev–Trinajstić information content (AvgIpc) is 3.01. The number of aliphatic imine (C=N–C) groups is 2. The number of nitrogens with two attached hydrogens (primary N) is 1. The lowest BCUT2D eigenvalue weighted by Crippen LogP contribution is -2.28. The molecule has 0 fully saturated rings. The van der Waals surface area contributed by atoms with Crippen LogP contribution in [0.25, 0.3) is 0 Å². The molecule has 0 amide bonds. The highest BCUT2D eigenvalue weighted by Crippen LogP contribution is 2.17. The molecule has 1 aliphatic rings. The summed E-state index contributed by atoms with van der Waals surface area (Å²) in [5.74, 6) is 0.637. The largest absolute Gasteiger partial charge is 0.491 e. The molecule has 0 saturated heterocycles. The predicted octanol–water partition coefficient (Wildman–Crippen LogP) is 0.665. The van der Waals surface area contributed by atoms with Crippen LogP contribution in [0.3, 0.4) is 0 Å². The molecule has 8 heteroatoms. The van der Waals surface area contributed by atoms with Gasteiger partial charge in [0.25, 0.3) is 0 Å². The SMILES string of the molecule is C=N/C=C(/C)C(=NC(CC)CO)Nc1ccc2c(c1)COB2O.CN. The summed E-state index contributed by atoms with van der Waals surface area (Å²) in [6.07, 6.45) is 2.36. The van der Waals surface area contributed by atoms with Crippen molar-refractivity contribution in [1.29, 1.82) is 0 Å². The van der Waals surface area contributed by atoms with Crippen molar-refractivity contribution in [3.05, 3.63) is 35.5 Å². The van der Waals surface area contributed by atoms with Gasteiger partial charge in [-0.25, -0.2) is 0 Å². The lowest BCUT2D eigenvalue weighted by Gasteiger charge is -2.14. The zero-order valence-corrected chi connectivity index (χ0v) is 15.1. The molecule has 1 aliphatic heterocycles. The minimum atomic E-state index is -0.849. The molecule has 1 aromatic carbocycles. The first-order valence-corrected chi connectivity index (χ1v) is 8.17. The molecule has 25 heavy (non-hydrogen) atoms. The van der Waals surface area contributed by atoms with Gasteiger partial charge in [0.15, 0.2) is 0 Å². The zero-order chi connectivity index (χ0) is 18.8. The Morgan fingerprint density at radius 2 is 2.24 bits per heavy atom. The Hall–Kier alpha value is -2.00. The van der Waals surface area contributed by atoms with E-state index in [9.17, 15) is 10.1 Å². The molecule has 0 saturated carbocycles. The molecule has 0 spiro atoms. The van der Waals surface area contributed by atoms with Gasteiger partial charge in [0.1, 0.15) is 5.84 Å². The molecule has 2 rings (SSSR count). The molecular weight excluding hydrogens is 319 g/mol. The third kappa shape index (κ3) is 5.79.